The number of halogens is 3. The van der Waals surface area contributed by atoms with Gasteiger partial charge in [-0.25, -0.2) is 8.78 Å². The second-order valence-corrected chi connectivity index (χ2v) is 7.83. The van der Waals surface area contributed by atoms with Crippen molar-refractivity contribution >= 4 is 17.5 Å². The molecular formula is C22H25ClF2N2O. The van der Waals surface area contributed by atoms with Crippen LogP contribution in [0.3, 0.4) is 0 Å². The molecule has 150 valence electrons. The number of nitrogens with one attached hydrogen (secondary N) is 1. The minimum absolute atomic E-state index is 0.0862. The number of hydrogen-bond acceptors (Lipinski definition) is 2. The summed E-state index contributed by atoms with van der Waals surface area (Å²) in [4.78, 5) is 16.7. The minimum Gasteiger partial charge on any atom is -0.349 e. The number of benzene rings is 1. The van der Waals surface area contributed by atoms with Crippen molar-refractivity contribution in [2.24, 2.45) is 5.92 Å². The van der Waals surface area contributed by atoms with Crippen LogP contribution in [0.25, 0.3) is 0 Å². The summed E-state index contributed by atoms with van der Waals surface area (Å²) >= 11 is 5.88. The molecule has 1 aromatic heterocycles. The molecule has 1 fully saturated rings. The lowest BCUT2D eigenvalue weighted by Crippen LogP contribution is -2.41. The summed E-state index contributed by atoms with van der Waals surface area (Å²) in [5.41, 5.74) is 1.21. The third-order valence-electron chi connectivity index (χ3n) is 5.64. The second-order valence-electron chi connectivity index (χ2n) is 7.39. The lowest BCUT2D eigenvalue weighted by molar-refractivity contribution is 0.0909. The molecule has 0 aliphatic heterocycles. The van der Waals surface area contributed by atoms with Crippen LogP contribution in [-0.4, -0.2) is 16.9 Å². The van der Waals surface area contributed by atoms with E-state index in [1.54, 1.807) is 30.3 Å². The normalized spacial score (nSPS) is 20.8. The molecule has 3 nitrogen and oxygen atoms in total. The number of amides is 1. The van der Waals surface area contributed by atoms with Crippen LogP contribution >= 0.6 is 11.6 Å². The van der Waals surface area contributed by atoms with Gasteiger partial charge < -0.3 is 5.32 Å². The van der Waals surface area contributed by atoms with E-state index >= 15 is 0 Å². The van der Waals surface area contributed by atoms with Crippen LogP contribution in [-0.2, 0) is 0 Å². The maximum Gasteiger partial charge on any atom is 0.280 e. The third kappa shape index (κ3) is 5.07. The van der Waals surface area contributed by atoms with Crippen LogP contribution in [0, 0.1) is 5.92 Å². The Morgan fingerprint density at radius 2 is 1.82 bits per heavy atom. The van der Waals surface area contributed by atoms with Crippen molar-refractivity contribution in [2.75, 3.05) is 0 Å². The molecule has 1 aliphatic carbocycles. The molecule has 0 radical (unpaired) electrons. The van der Waals surface area contributed by atoms with Crippen LogP contribution in [0.15, 0.2) is 42.5 Å². The number of aromatic nitrogens is 1. The Balaban J connectivity index is 1.58. The summed E-state index contributed by atoms with van der Waals surface area (Å²) in [6.07, 6.45) is 2.02. The van der Waals surface area contributed by atoms with Gasteiger partial charge in [-0.1, -0.05) is 24.6 Å². The van der Waals surface area contributed by atoms with Crippen LogP contribution in [0.2, 0.25) is 5.02 Å². The Bertz CT molecular complexity index is 789. The first-order valence-electron chi connectivity index (χ1n) is 9.79. The molecular weight excluding hydrogens is 382 g/mol. The molecule has 1 atom stereocenters. The smallest absolute Gasteiger partial charge is 0.280 e. The maximum atomic E-state index is 12.9. The molecule has 1 amide bonds. The Kier molecular flexibility index (Phi) is 7.00. The molecule has 3 rings (SSSR count). The summed E-state index contributed by atoms with van der Waals surface area (Å²) in [5.74, 6) is 0.507. The van der Waals surface area contributed by atoms with Crippen LogP contribution in [0.1, 0.15) is 73.1 Å². The zero-order valence-electron chi connectivity index (χ0n) is 15.9. The number of hydrogen-bond donors (Lipinski definition) is 1. The Labute approximate surface area is 169 Å². The molecule has 28 heavy (non-hydrogen) atoms. The van der Waals surface area contributed by atoms with Crippen molar-refractivity contribution < 1.29 is 13.6 Å². The fourth-order valence-electron chi connectivity index (χ4n) is 4.04. The van der Waals surface area contributed by atoms with Gasteiger partial charge in [0.2, 0.25) is 0 Å². The second kappa shape index (κ2) is 9.46. The van der Waals surface area contributed by atoms with E-state index in [1.165, 1.54) is 6.07 Å². The lowest BCUT2D eigenvalue weighted by atomic mass is 9.76. The summed E-state index contributed by atoms with van der Waals surface area (Å²) in [6, 6.07) is 11.9. The highest BCUT2D eigenvalue weighted by Crippen LogP contribution is 2.37. The first kappa shape index (κ1) is 20.7. The fourth-order valence-corrected chi connectivity index (χ4v) is 4.17. The van der Waals surface area contributed by atoms with E-state index in [1.807, 2.05) is 6.07 Å². The molecule has 1 saturated carbocycles. The maximum absolute atomic E-state index is 12.9. The van der Waals surface area contributed by atoms with E-state index in [0.717, 1.165) is 37.8 Å². The van der Waals surface area contributed by atoms with E-state index in [2.05, 4.69) is 17.2 Å². The van der Waals surface area contributed by atoms with Gasteiger partial charge in [-0.3, -0.25) is 9.78 Å². The number of carbonyl (C=O) groups excluding carboxylic acids is 1. The van der Waals surface area contributed by atoms with Gasteiger partial charge in [0.05, 0.1) is 0 Å². The molecule has 1 aliphatic rings. The van der Waals surface area contributed by atoms with Gasteiger partial charge in [-0.2, -0.15) is 0 Å². The molecule has 6 heteroatoms. The molecule has 0 bridgehead atoms. The van der Waals surface area contributed by atoms with Crippen molar-refractivity contribution in [1.82, 2.24) is 10.3 Å². The average molecular weight is 407 g/mol. The zero-order chi connectivity index (χ0) is 20.1. The number of alkyl halides is 2. The summed E-state index contributed by atoms with van der Waals surface area (Å²) in [7, 11) is 0. The Morgan fingerprint density at radius 1 is 1.14 bits per heavy atom. The Morgan fingerprint density at radius 3 is 2.43 bits per heavy atom. The fraction of sp³-hybridized carbons (Fsp3) is 0.455. The van der Waals surface area contributed by atoms with Crippen LogP contribution in [0.4, 0.5) is 8.78 Å². The molecule has 0 spiro atoms. The molecule has 1 heterocycles. The minimum atomic E-state index is -2.54. The summed E-state index contributed by atoms with van der Waals surface area (Å²) < 4.78 is 25.8. The lowest BCUT2D eigenvalue weighted by Gasteiger charge is -2.34. The number of rotatable bonds is 6. The van der Waals surface area contributed by atoms with Gasteiger partial charge in [0, 0.05) is 28.2 Å². The molecule has 1 aromatic carbocycles. The van der Waals surface area contributed by atoms with E-state index in [0.29, 0.717) is 16.5 Å². The van der Waals surface area contributed by atoms with Gasteiger partial charge in [0.25, 0.3) is 12.3 Å². The van der Waals surface area contributed by atoms with Gasteiger partial charge in [-0.05, 0) is 74.4 Å². The molecule has 1 N–H and O–H groups in total. The first-order chi connectivity index (χ1) is 13.5. The molecule has 2 aromatic rings. The first-order valence-corrected chi connectivity index (χ1v) is 10.2. The van der Waals surface area contributed by atoms with Gasteiger partial charge in [-0.15, -0.1) is 0 Å². The van der Waals surface area contributed by atoms with E-state index in [-0.39, 0.29) is 23.6 Å². The van der Waals surface area contributed by atoms with E-state index in [9.17, 15) is 13.6 Å². The average Bonchev–Trinajstić information content (AvgIpc) is 2.72. The number of pyridine rings is 1. The highest BCUT2D eigenvalue weighted by molar-refractivity contribution is 6.30. The highest BCUT2D eigenvalue weighted by atomic mass is 35.5. The van der Waals surface area contributed by atoms with E-state index in [4.69, 9.17) is 11.6 Å². The standard InChI is InChI=1S/C22H25ClF2N2O/c1-2-18(27-22(28)16-10-12-17(23)13-11-16)14-6-8-15(9-7-14)19-4-3-5-20(26-19)21(24)25/h3-5,10-15,18,21H,2,6-9H2,1H3,(H,27,28)/t14?,15?,18-/m1/s1. The van der Waals surface area contributed by atoms with Crippen molar-refractivity contribution in [2.45, 2.75) is 57.4 Å². The predicted octanol–water partition coefficient (Wildman–Crippen LogP) is 6.16. The highest BCUT2D eigenvalue weighted by Gasteiger charge is 2.29. The van der Waals surface area contributed by atoms with Crippen molar-refractivity contribution in [3.8, 4) is 0 Å². The van der Waals surface area contributed by atoms with Crippen molar-refractivity contribution in [3.63, 3.8) is 0 Å². The summed E-state index contributed by atoms with van der Waals surface area (Å²) in [5, 5.41) is 3.76. The predicted molar refractivity (Wildman–Crippen MR) is 107 cm³/mol. The number of carbonyl (C=O) groups is 1. The quantitative estimate of drug-likeness (QED) is 0.624. The van der Waals surface area contributed by atoms with Gasteiger partial charge in [0.15, 0.2) is 0 Å². The van der Waals surface area contributed by atoms with Crippen molar-refractivity contribution in [1.29, 1.82) is 0 Å². The topological polar surface area (TPSA) is 42.0 Å². The van der Waals surface area contributed by atoms with Crippen molar-refractivity contribution in [3.05, 3.63) is 64.4 Å². The Hall–Kier alpha value is -2.01. The van der Waals surface area contributed by atoms with Gasteiger partial charge in [0.1, 0.15) is 5.69 Å². The SMILES string of the molecule is CC[C@@H](NC(=O)c1ccc(Cl)cc1)C1CCC(c2cccc(C(F)F)n2)CC1. The van der Waals surface area contributed by atoms with Gasteiger partial charge >= 0.3 is 0 Å². The summed E-state index contributed by atoms with van der Waals surface area (Å²) in [6.45, 7) is 2.08. The van der Waals surface area contributed by atoms with Crippen LogP contribution in [0.5, 0.6) is 0 Å². The van der Waals surface area contributed by atoms with E-state index < -0.39 is 6.43 Å². The molecule has 0 unspecified atom stereocenters. The monoisotopic (exact) mass is 406 g/mol. The zero-order valence-corrected chi connectivity index (χ0v) is 16.6. The number of nitrogens with zero attached hydrogens (tertiary/aromatic N) is 1. The molecule has 0 saturated heterocycles. The largest absolute Gasteiger partial charge is 0.349 e. The van der Waals surface area contributed by atoms with Crippen LogP contribution < -0.4 is 5.32 Å². The third-order valence-corrected chi connectivity index (χ3v) is 5.89.